The summed E-state index contributed by atoms with van der Waals surface area (Å²) in [5.41, 5.74) is -0.0531. The predicted molar refractivity (Wildman–Crippen MR) is 91.2 cm³/mol. The fourth-order valence-corrected chi connectivity index (χ4v) is 3.66. The summed E-state index contributed by atoms with van der Waals surface area (Å²) in [7, 11) is -4.19. The normalized spacial score (nSPS) is 11.2. The first-order chi connectivity index (χ1) is 11.8. The number of anilines is 1. The molecule has 0 aliphatic carbocycles. The first kappa shape index (κ1) is 19.0. The first-order valence-corrected chi connectivity index (χ1v) is 9.00. The smallest absolute Gasteiger partial charge is 0.324 e. The highest BCUT2D eigenvalue weighted by Crippen LogP contribution is 2.28. The van der Waals surface area contributed by atoms with Crippen LogP contribution in [-0.2, 0) is 14.8 Å². The molecular formula is C16H15ClFNO5S. The zero-order valence-electron chi connectivity index (χ0n) is 13.1. The monoisotopic (exact) mass is 387 g/mol. The van der Waals surface area contributed by atoms with E-state index in [0.717, 1.165) is 18.2 Å². The van der Waals surface area contributed by atoms with Gasteiger partial charge in [-0.3, -0.25) is 9.10 Å². The van der Waals surface area contributed by atoms with Gasteiger partial charge in [0.2, 0.25) is 0 Å². The summed E-state index contributed by atoms with van der Waals surface area (Å²) in [4.78, 5) is 11.0. The highest BCUT2D eigenvalue weighted by molar-refractivity contribution is 7.92. The maximum Gasteiger partial charge on any atom is 0.324 e. The maximum absolute atomic E-state index is 13.3. The van der Waals surface area contributed by atoms with Crippen LogP contribution in [0.3, 0.4) is 0 Å². The summed E-state index contributed by atoms with van der Waals surface area (Å²) >= 11 is 5.69. The Morgan fingerprint density at radius 1 is 1.24 bits per heavy atom. The van der Waals surface area contributed by atoms with Crippen LogP contribution in [0.5, 0.6) is 5.75 Å². The van der Waals surface area contributed by atoms with Crippen LogP contribution < -0.4 is 9.04 Å². The molecule has 6 nitrogen and oxygen atoms in total. The van der Waals surface area contributed by atoms with Crippen LogP contribution in [-0.4, -0.2) is 32.6 Å². The van der Waals surface area contributed by atoms with E-state index in [-0.39, 0.29) is 15.6 Å². The Morgan fingerprint density at radius 3 is 2.40 bits per heavy atom. The third-order valence-corrected chi connectivity index (χ3v) is 5.27. The Kier molecular flexibility index (Phi) is 5.86. The molecule has 9 heteroatoms. The van der Waals surface area contributed by atoms with Crippen molar-refractivity contribution in [1.82, 2.24) is 0 Å². The van der Waals surface area contributed by atoms with Crippen molar-refractivity contribution in [2.75, 3.05) is 17.5 Å². The molecule has 2 rings (SSSR count). The van der Waals surface area contributed by atoms with E-state index in [1.165, 1.54) is 24.3 Å². The van der Waals surface area contributed by atoms with Gasteiger partial charge in [0.05, 0.1) is 22.2 Å². The van der Waals surface area contributed by atoms with E-state index < -0.39 is 28.4 Å². The molecule has 25 heavy (non-hydrogen) atoms. The van der Waals surface area contributed by atoms with E-state index in [0.29, 0.717) is 16.7 Å². The van der Waals surface area contributed by atoms with Crippen LogP contribution in [0.15, 0.2) is 47.4 Å². The molecule has 1 N–H and O–H groups in total. The van der Waals surface area contributed by atoms with Crippen LogP contribution >= 0.6 is 11.6 Å². The number of benzene rings is 2. The fraction of sp³-hybridized carbons (Fsp3) is 0.188. The van der Waals surface area contributed by atoms with Crippen LogP contribution in [0.4, 0.5) is 10.1 Å². The number of carbonyl (C=O) groups is 1. The summed E-state index contributed by atoms with van der Waals surface area (Å²) in [6.45, 7) is 1.38. The molecule has 0 unspecified atom stereocenters. The molecular weight excluding hydrogens is 373 g/mol. The molecule has 0 saturated carbocycles. The minimum atomic E-state index is -4.19. The summed E-state index contributed by atoms with van der Waals surface area (Å²) in [5, 5.41) is 8.75. The van der Waals surface area contributed by atoms with E-state index in [4.69, 9.17) is 21.4 Å². The van der Waals surface area contributed by atoms with Crippen LogP contribution in [0.2, 0.25) is 5.02 Å². The van der Waals surface area contributed by atoms with Gasteiger partial charge in [0, 0.05) is 0 Å². The second-order valence-corrected chi connectivity index (χ2v) is 7.18. The second kappa shape index (κ2) is 7.71. The summed E-state index contributed by atoms with van der Waals surface area (Å²) in [5.74, 6) is -1.62. The van der Waals surface area contributed by atoms with Crippen LogP contribution in [0.1, 0.15) is 6.92 Å². The van der Waals surface area contributed by atoms with Crippen LogP contribution in [0.25, 0.3) is 0 Å². The summed E-state index contributed by atoms with van der Waals surface area (Å²) in [6, 6.07) is 8.73. The number of aliphatic carboxylic acids is 1. The number of halogens is 2. The fourth-order valence-electron chi connectivity index (χ4n) is 2.08. The van der Waals surface area contributed by atoms with Gasteiger partial charge < -0.3 is 9.84 Å². The summed E-state index contributed by atoms with van der Waals surface area (Å²) < 4.78 is 44.9. The Morgan fingerprint density at radius 2 is 1.88 bits per heavy atom. The van der Waals surface area contributed by atoms with Crippen molar-refractivity contribution in [3.05, 3.63) is 53.3 Å². The van der Waals surface area contributed by atoms with Crippen molar-refractivity contribution in [2.45, 2.75) is 11.8 Å². The highest BCUT2D eigenvalue weighted by atomic mass is 35.5. The molecule has 0 aliphatic rings. The van der Waals surface area contributed by atoms with Crippen molar-refractivity contribution in [3.63, 3.8) is 0 Å². The van der Waals surface area contributed by atoms with E-state index in [9.17, 15) is 17.6 Å². The third-order valence-electron chi connectivity index (χ3n) is 3.19. The number of nitrogens with zero attached hydrogens (tertiary/aromatic N) is 1. The van der Waals surface area contributed by atoms with Gasteiger partial charge in [0.25, 0.3) is 10.0 Å². The lowest BCUT2D eigenvalue weighted by atomic mass is 10.3. The zero-order valence-corrected chi connectivity index (χ0v) is 14.7. The van der Waals surface area contributed by atoms with Gasteiger partial charge in [-0.05, 0) is 49.4 Å². The van der Waals surface area contributed by atoms with Gasteiger partial charge in [-0.15, -0.1) is 0 Å². The average Bonchev–Trinajstić information content (AvgIpc) is 2.56. The first-order valence-electron chi connectivity index (χ1n) is 7.18. The standard InChI is InChI=1S/C16H15ClFNO5S/c1-2-24-12-4-6-13(7-5-12)25(22,23)19(10-16(20)21)11-3-8-15(18)14(17)9-11/h3-9H,2,10H2,1H3,(H,20,21). The largest absolute Gasteiger partial charge is 0.494 e. The second-order valence-electron chi connectivity index (χ2n) is 4.91. The van der Waals surface area contributed by atoms with Gasteiger partial charge in [0.1, 0.15) is 18.1 Å². The van der Waals surface area contributed by atoms with Gasteiger partial charge in [-0.1, -0.05) is 11.6 Å². The quantitative estimate of drug-likeness (QED) is 0.788. The molecule has 0 aliphatic heterocycles. The lowest BCUT2D eigenvalue weighted by Crippen LogP contribution is -2.35. The van der Waals surface area contributed by atoms with Crippen molar-refractivity contribution in [3.8, 4) is 5.75 Å². The SMILES string of the molecule is CCOc1ccc(S(=O)(=O)N(CC(=O)O)c2ccc(F)c(Cl)c2)cc1. The molecule has 0 aromatic heterocycles. The molecule has 0 radical (unpaired) electrons. The number of carboxylic acids is 1. The van der Waals surface area contributed by atoms with Crippen molar-refractivity contribution in [1.29, 1.82) is 0 Å². The molecule has 0 amide bonds. The molecule has 0 fully saturated rings. The topological polar surface area (TPSA) is 83.9 Å². The van der Waals surface area contributed by atoms with E-state index >= 15 is 0 Å². The van der Waals surface area contributed by atoms with E-state index in [1.54, 1.807) is 6.92 Å². The average molecular weight is 388 g/mol. The molecule has 0 atom stereocenters. The van der Waals surface area contributed by atoms with Gasteiger partial charge in [0.15, 0.2) is 0 Å². The summed E-state index contributed by atoms with van der Waals surface area (Å²) in [6.07, 6.45) is 0. The van der Waals surface area contributed by atoms with Crippen molar-refractivity contribution in [2.24, 2.45) is 0 Å². The molecule has 0 heterocycles. The lowest BCUT2D eigenvalue weighted by Gasteiger charge is -2.23. The van der Waals surface area contributed by atoms with Crippen LogP contribution in [0, 0.1) is 5.82 Å². The number of hydrogen-bond donors (Lipinski definition) is 1. The number of sulfonamides is 1. The number of carboxylic acid groups (broad SMARTS) is 1. The Bertz CT molecular complexity index is 871. The number of hydrogen-bond acceptors (Lipinski definition) is 4. The third kappa shape index (κ3) is 4.40. The Hall–Kier alpha value is -2.32. The van der Waals surface area contributed by atoms with Gasteiger partial charge in [-0.25, -0.2) is 12.8 Å². The van der Waals surface area contributed by atoms with E-state index in [2.05, 4.69) is 0 Å². The molecule has 134 valence electrons. The zero-order chi connectivity index (χ0) is 18.6. The molecule has 2 aromatic rings. The minimum absolute atomic E-state index is 0.0531. The molecule has 0 spiro atoms. The minimum Gasteiger partial charge on any atom is -0.494 e. The lowest BCUT2D eigenvalue weighted by molar-refractivity contribution is -0.135. The Balaban J connectivity index is 2.47. The molecule has 0 saturated heterocycles. The van der Waals surface area contributed by atoms with Crippen molar-refractivity contribution >= 4 is 33.3 Å². The molecule has 0 bridgehead atoms. The predicted octanol–water partition coefficient (Wildman–Crippen LogP) is 3.16. The van der Waals surface area contributed by atoms with Crippen molar-refractivity contribution < 1.29 is 27.4 Å². The van der Waals surface area contributed by atoms with E-state index in [1.807, 2.05) is 0 Å². The molecule has 2 aromatic carbocycles. The number of ether oxygens (including phenoxy) is 1. The maximum atomic E-state index is 13.3. The van der Waals surface area contributed by atoms with Gasteiger partial charge >= 0.3 is 5.97 Å². The number of rotatable bonds is 7. The van der Waals surface area contributed by atoms with Gasteiger partial charge in [-0.2, -0.15) is 0 Å². The Labute approximate surface area is 149 Å². The highest BCUT2D eigenvalue weighted by Gasteiger charge is 2.27.